The monoisotopic (exact) mass is 294 g/mol. The maximum absolute atomic E-state index is 11.8. The summed E-state index contributed by atoms with van der Waals surface area (Å²) in [7, 11) is 1.59. The van der Waals surface area contributed by atoms with Crippen molar-refractivity contribution in [3.63, 3.8) is 0 Å². The highest BCUT2D eigenvalue weighted by atomic mass is 16.5. The van der Waals surface area contributed by atoms with E-state index in [1.165, 1.54) is 0 Å². The molecule has 0 saturated heterocycles. The number of amides is 2. The Morgan fingerprint density at radius 1 is 1.33 bits per heavy atom. The van der Waals surface area contributed by atoms with Crippen LogP contribution >= 0.6 is 0 Å². The summed E-state index contributed by atoms with van der Waals surface area (Å²) in [5.74, 6) is -0.840. The zero-order valence-electron chi connectivity index (χ0n) is 12.6. The molecule has 0 bridgehead atoms. The Morgan fingerprint density at radius 3 is 2.67 bits per heavy atom. The van der Waals surface area contributed by atoms with Crippen LogP contribution in [0.2, 0.25) is 0 Å². The third-order valence-electron chi connectivity index (χ3n) is 3.04. The van der Waals surface area contributed by atoms with Crippen LogP contribution < -0.4 is 10.6 Å². The number of carbonyl (C=O) groups is 2. The van der Waals surface area contributed by atoms with Gasteiger partial charge in [-0.1, -0.05) is 12.1 Å². The van der Waals surface area contributed by atoms with Crippen LogP contribution in [-0.2, 0) is 16.0 Å². The van der Waals surface area contributed by atoms with E-state index in [1.807, 2.05) is 19.9 Å². The highest BCUT2D eigenvalue weighted by Gasteiger charge is 2.17. The van der Waals surface area contributed by atoms with E-state index in [4.69, 9.17) is 9.84 Å². The van der Waals surface area contributed by atoms with Gasteiger partial charge in [0, 0.05) is 25.8 Å². The van der Waals surface area contributed by atoms with Crippen LogP contribution in [0.1, 0.15) is 25.8 Å². The molecule has 21 heavy (non-hydrogen) atoms. The minimum Gasteiger partial charge on any atom is -0.481 e. The second-order valence-corrected chi connectivity index (χ2v) is 5.37. The van der Waals surface area contributed by atoms with E-state index < -0.39 is 11.6 Å². The molecule has 0 spiro atoms. The molecule has 6 heteroatoms. The lowest BCUT2D eigenvalue weighted by Gasteiger charge is -2.23. The molecule has 0 saturated carbocycles. The second kappa shape index (κ2) is 7.64. The lowest BCUT2D eigenvalue weighted by Crippen LogP contribution is -2.41. The number of urea groups is 1. The van der Waals surface area contributed by atoms with Crippen molar-refractivity contribution >= 4 is 17.7 Å². The van der Waals surface area contributed by atoms with Crippen molar-refractivity contribution in [3.05, 3.63) is 29.8 Å². The highest BCUT2D eigenvalue weighted by molar-refractivity contribution is 5.89. The van der Waals surface area contributed by atoms with Crippen molar-refractivity contribution in [3.8, 4) is 0 Å². The summed E-state index contributed by atoms with van der Waals surface area (Å²) in [5, 5.41) is 14.1. The van der Waals surface area contributed by atoms with Crippen molar-refractivity contribution in [2.24, 2.45) is 0 Å². The largest absolute Gasteiger partial charge is 0.481 e. The number of nitrogens with one attached hydrogen (secondary N) is 2. The molecule has 0 aromatic heterocycles. The zero-order chi connectivity index (χ0) is 15.9. The number of benzene rings is 1. The molecule has 3 N–H and O–H groups in total. The van der Waals surface area contributed by atoms with Gasteiger partial charge in [0.25, 0.3) is 0 Å². The Kier molecular flexibility index (Phi) is 6.17. The van der Waals surface area contributed by atoms with E-state index in [9.17, 15) is 9.59 Å². The minimum atomic E-state index is -0.840. The number of hydrogen-bond donors (Lipinski definition) is 3. The Balaban J connectivity index is 2.52. The van der Waals surface area contributed by atoms with Gasteiger partial charge < -0.3 is 20.5 Å². The van der Waals surface area contributed by atoms with Crippen molar-refractivity contribution in [1.29, 1.82) is 0 Å². The smallest absolute Gasteiger partial charge is 0.319 e. The molecular formula is C15H22N2O4. The SMILES string of the molecule is COC(C)(C)CNC(=O)Nc1cccc(CCC(=O)O)c1. The normalized spacial score (nSPS) is 11.0. The van der Waals surface area contributed by atoms with Gasteiger partial charge in [0.05, 0.1) is 5.60 Å². The number of anilines is 1. The number of aliphatic carboxylic acids is 1. The molecule has 6 nitrogen and oxygen atoms in total. The number of aryl methyl sites for hydroxylation is 1. The lowest BCUT2D eigenvalue weighted by molar-refractivity contribution is -0.136. The van der Waals surface area contributed by atoms with Crippen molar-refractivity contribution in [1.82, 2.24) is 5.32 Å². The van der Waals surface area contributed by atoms with Crippen LogP contribution in [0.3, 0.4) is 0 Å². The van der Waals surface area contributed by atoms with Crippen LogP contribution in [0.25, 0.3) is 0 Å². The number of methoxy groups -OCH3 is 1. The molecule has 2 amide bonds. The topological polar surface area (TPSA) is 87.7 Å². The maximum Gasteiger partial charge on any atom is 0.319 e. The molecule has 0 atom stereocenters. The third-order valence-corrected chi connectivity index (χ3v) is 3.04. The molecule has 0 aliphatic heterocycles. The predicted octanol–water partition coefficient (Wildman–Crippen LogP) is 2.25. The van der Waals surface area contributed by atoms with Gasteiger partial charge in [-0.05, 0) is 38.0 Å². The van der Waals surface area contributed by atoms with E-state index in [-0.39, 0.29) is 12.5 Å². The van der Waals surface area contributed by atoms with Crippen LogP contribution in [0.4, 0.5) is 10.5 Å². The molecule has 1 rings (SSSR count). The zero-order valence-corrected chi connectivity index (χ0v) is 12.6. The van der Waals surface area contributed by atoms with Gasteiger partial charge in [-0.25, -0.2) is 4.79 Å². The molecule has 0 radical (unpaired) electrons. The van der Waals surface area contributed by atoms with Gasteiger partial charge in [-0.2, -0.15) is 0 Å². The summed E-state index contributed by atoms with van der Waals surface area (Å²) in [6.07, 6.45) is 0.501. The first-order chi connectivity index (χ1) is 9.82. The molecule has 1 aromatic rings. The van der Waals surface area contributed by atoms with Gasteiger partial charge in [0.2, 0.25) is 0 Å². The molecule has 1 aromatic carbocycles. The Labute approximate surface area is 124 Å². The van der Waals surface area contributed by atoms with E-state index in [1.54, 1.807) is 25.3 Å². The first-order valence-corrected chi connectivity index (χ1v) is 6.73. The van der Waals surface area contributed by atoms with Gasteiger partial charge in [-0.3, -0.25) is 4.79 Å². The summed E-state index contributed by atoms with van der Waals surface area (Å²) in [6, 6.07) is 6.82. The average Bonchev–Trinajstić information content (AvgIpc) is 2.43. The fourth-order valence-corrected chi connectivity index (χ4v) is 1.60. The molecule has 0 aliphatic carbocycles. The number of carboxylic acids is 1. The maximum atomic E-state index is 11.8. The van der Waals surface area contributed by atoms with Gasteiger partial charge in [0.15, 0.2) is 0 Å². The van der Waals surface area contributed by atoms with E-state index in [2.05, 4.69) is 10.6 Å². The highest BCUT2D eigenvalue weighted by Crippen LogP contribution is 2.12. The summed E-state index contributed by atoms with van der Waals surface area (Å²) >= 11 is 0. The van der Waals surface area contributed by atoms with E-state index in [0.29, 0.717) is 18.7 Å². The van der Waals surface area contributed by atoms with Crippen LogP contribution in [0.5, 0.6) is 0 Å². The summed E-state index contributed by atoms with van der Waals surface area (Å²) in [6.45, 7) is 4.13. The first kappa shape index (κ1) is 17.0. The van der Waals surface area contributed by atoms with Crippen molar-refractivity contribution in [2.75, 3.05) is 19.0 Å². The average molecular weight is 294 g/mol. The summed E-state index contributed by atoms with van der Waals surface area (Å²) < 4.78 is 5.21. The van der Waals surface area contributed by atoms with Gasteiger partial charge in [0.1, 0.15) is 0 Å². The Morgan fingerprint density at radius 2 is 2.05 bits per heavy atom. The van der Waals surface area contributed by atoms with Crippen molar-refractivity contribution in [2.45, 2.75) is 32.3 Å². The molecule has 0 unspecified atom stereocenters. The number of carboxylic acid groups (broad SMARTS) is 1. The fraction of sp³-hybridized carbons (Fsp3) is 0.467. The molecule has 0 heterocycles. The number of rotatable bonds is 7. The predicted molar refractivity (Wildman–Crippen MR) is 80.5 cm³/mol. The Hall–Kier alpha value is -2.08. The third kappa shape index (κ3) is 6.76. The van der Waals surface area contributed by atoms with E-state index in [0.717, 1.165) is 5.56 Å². The first-order valence-electron chi connectivity index (χ1n) is 6.73. The number of hydrogen-bond acceptors (Lipinski definition) is 3. The van der Waals surface area contributed by atoms with Gasteiger partial charge >= 0.3 is 12.0 Å². The molecular weight excluding hydrogens is 272 g/mol. The number of ether oxygens (including phenoxy) is 1. The summed E-state index contributed by atoms with van der Waals surface area (Å²) in [5.41, 5.74) is 1.07. The van der Waals surface area contributed by atoms with Crippen LogP contribution in [0.15, 0.2) is 24.3 Å². The lowest BCUT2D eigenvalue weighted by atomic mass is 10.1. The molecule has 0 fully saturated rings. The standard InChI is InChI=1S/C15H22N2O4/c1-15(2,21-3)10-16-14(20)17-12-6-4-5-11(9-12)7-8-13(18)19/h4-6,9H,7-8,10H2,1-3H3,(H,18,19)(H2,16,17,20). The van der Waals surface area contributed by atoms with Crippen LogP contribution in [-0.4, -0.2) is 36.4 Å². The minimum absolute atomic E-state index is 0.0671. The Bertz CT molecular complexity index is 500. The van der Waals surface area contributed by atoms with E-state index >= 15 is 0 Å². The van der Waals surface area contributed by atoms with Crippen LogP contribution in [0, 0.1) is 0 Å². The molecule has 116 valence electrons. The number of carbonyl (C=O) groups excluding carboxylic acids is 1. The summed E-state index contributed by atoms with van der Waals surface area (Å²) in [4.78, 5) is 22.3. The van der Waals surface area contributed by atoms with Crippen molar-refractivity contribution < 1.29 is 19.4 Å². The quantitative estimate of drug-likeness (QED) is 0.719. The molecule has 0 aliphatic rings. The fourth-order valence-electron chi connectivity index (χ4n) is 1.60. The second-order valence-electron chi connectivity index (χ2n) is 5.37. The van der Waals surface area contributed by atoms with Gasteiger partial charge in [-0.15, -0.1) is 0 Å².